The summed E-state index contributed by atoms with van der Waals surface area (Å²) in [6.07, 6.45) is -4.87. The molecule has 0 aromatic carbocycles. The van der Waals surface area contributed by atoms with Crippen molar-refractivity contribution in [1.29, 1.82) is 0 Å². The minimum Gasteiger partial charge on any atom is -0.370 e. The smallest absolute Gasteiger partial charge is 0.370 e. The van der Waals surface area contributed by atoms with Crippen LogP contribution < -0.4 is 10.6 Å². The standard InChI is InChI=1S/C14H23F3N4/c1-5-18-12-10(4)13(21-11(20-12)9(2)3)19-8-6-7-14(15,16)17/h9H,5-8H2,1-4H3,(H2,18,19,20,21). The molecule has 1 heterocycles. The summed E-state index contributed by atoms with van der Waals surface area (Å²) in [5.41, 5.74) is 0.827. The number of hydrogen-bond acceptors (Lipinski definition) is 4. The molecule has 0 saturated carbocycles. The summed E-state index contributed by atoms with van der Waals surface area (Å²) in [6.45, 7) is 8.74. The molecule has 1 aromatic heterocycles. The number of nitrogens with one attached hydrogen (secondary N) is 2. The minimum atomic E-state index is -4.11. The predicted octanol–water partition coefficient (Wildman–Crippen LogP) is 4.09. The quantitative estimate of drug-likeness (QED) is 0.745. The summed E-state index contributed by atoms with van der Waals surface area (Å²) < 4.78 is 36.4. The fourth-order valence-electron chi connectivity index (χ4n) is 1.80. The second-order valence-electron chi connectivity index (χ2n) is 5.23. The maximum atomic E-state index is 12.1. The molecule has 1 rings (SSSR count). The number of nitrogens with zero attached hydrogens (tertiary/aromatic N) is 2. The molecule has 1 aromatic rings. The molecule has 0 atom stereocenters. The van der Waals surface area contributed by atoms with Crippen LogP contribution in [0.1, 0.15) is 50.9 Å². The van der Waals surface area contributed by atoms with Gasteiger partial charge in [0.2, 0.25) is 0 Å². The Morgan fingerprint density at radius 3 is 2.14 bits per heavy atom. The van der Waals surface area contributed by atoms with Crippen molar-refractivity contribution in [3.8, 4) is 0 Å². The molecule has 0 unspecified atom stereocenters. The Hall–Kier alpha value is -1.53. The van der Waals surface area contributed by atoms with E-state index in [0.29, 0.717) is 11.6 Å². The molecule has 0 amide bonds. The first kappa shape index (κ1) is 17.5. The number of alkyl halides is 3. The molecule has 0 saturated heterocycles. The van der Waals surface area contributed by atoms with Crippen LogP contribution in [0.15, 0.2) is 0 Å². The first-order valence-electron chi connectivity index (χ1n) is 7.17. The third-order valence-corrected chi connectivity index (χ3v) is 2.95. The zero-order valence-corrected chi connectivity index (χ0v) is 12.9. The summed E-state index contributed by atoms with van der Waals surface area (Å²) in [4.78, 5) is 8.85. The lowest BCUT2D eigenvalue weighted by Crippen LogP contribution is -2.14. The zero-order valence-electron chi connectivity index (χ0n) is 12.9. The lowest BCUT2D eigenvalue weighted by Gasteiger charge is -2.16. The molecule has 21 heavy (non-hydrogen) atoms. The molecule has 2 N–H and O–H groups in total. The van der Waals surface area contributed by atoms with Gasteiger partial charge < -0.3 is 10.6 Å². The Bertz CT molecular complexity index is 458. The second kappa shape index (κ2) is 7.47. The van der Waals surface area contributed by atoms with Crippen molar-refractivity contribution < 1.29 is 13.2 Å². The average Bonchev–Trinajstić information content (AvgIpc) is 2.37. The molecule has 0 fully saturated rings. The maximum Gasteiger partial charge on any atom is 0.389 e. The largest absolute Gasteiger partial charge is 0.389 e. The Balaban J connectivity index is 2.80. The molecule has 0 bridgehead atoms. The fraction of sp³-hybridized carbons (Fsp3) is 0.714. The minimum absolute atomic E-state index is 0.0283. The first-order chi connectivity index (χ1) is 9.74. The molecule has 0 spiro atoms. The average molecular weight is 304 g/mol. The van der Waals surface area contributed by atoms with Crippen molar-refractivity contribution in [3.05, 3.63) is 11.4 Å². The molecule has 7 heteroatoms. The summed E-state index contributed by atoms with van der Waals surface area (Å²) in [6, 6.07) is 0. The van der Waals surface area contributed by atoms with Gasteiger partial charge in [-0.15, -0.1) is 0 Å². The highest BCUT2D eigenvalue weighted by atomic mass is 19.4. The highest BCUT2D eigenvalue weighted by molar-refractivity contribution is 5.57. The van der Waals surface area contributed by atoms with E-state index in [1.807, 2.05) is 27.7 Å². The highest BCUT2D eigenvalue weighted by Crippen LogP contribution is 2.24. The van der Waals surface area contributed by atoms with Gasteiger partial charge in [0.1, 0.15) is 17.5 Å². The third-order valence-electron chi connectivity index (χ3n) is 2.95. The van der Waals surface area contributed by atoms with Gasteiger partial charge in [-0.25, -0.2) is 9.97 Å². The van der Waals surface area contributed by atoms with Crippen LogP contribution in [0.25, 0.3) is 0 Å². The molecule has 120 valence electrons. The van der Waals surface area contributed by atoms with Gasteiger partial charge in [0.25, 0.3) is 0 Å². The van der Waals surface area contributed by atoms with Crippen molar-refractivity contribution in [1.82, 2.24) is 9.97 Å². The Kier molecular flexibility index (Phi) is 6.23. The second-order valence-corrected chi connectivity index (χ2v) is 5.23. The molecule has 0 aliphatic rings. The van der Waals surface area contributed by atoms with Crippen molar-refractivity contribution in [2.24, 2.45) is 0 Å². The topological polar surface area (TPSA) is 49.8 Å². The molecule has 0 aliphatic heterocycles. The van der Waals surface area contributed by atoms with Crippen LogP contribution in [0, 0.1) is 6.92 Å². The first-order valence-corrected chi connectivity index (χ1v) is 7.17. The summed E-state index contributed by atoms with van der Waals surface area (Å²) in [5.74, 6) is 2.16. The lowest BCUT2D eigenvalue weighted by molar-refractivity contribution is -0.134. The van der Waals surface area contributed by atoms with E-state index in [-0.39, 0.29) is 18.9 Å². The number of rotatable bonds is 7. The van der Waals surface area contributed by atoms with Gasteiger partial charge in [-0.2, -0.15) is 13.2 Å². The van der Waals surface area contributed by atoms with Crippen LogP contribution in [0.4, 0.5) is 24.8 Å². The summed E-state index contributed by atoms with van der Waals surface area (Å²) in [5, 5.41) is 6.14. The van der Waals surface area contributed by atoms with E-state index in [9.17, 15) is 13.2 Å². The Labute approximate surface area is 123 Å². The van der Waals surface area contributed by atoms with Crippen molar-refractivity contribution in [2.75, 3.05) is 23.7 Å². The van der Waals surface area contributed by atoms with Crippen LogP contribution in [0.2, 0.25) is 0 Å². The maximum absolute atomic E-state index is 12.1. The van der Waals surface area contributed by atoms with Crippen LogP contribution in [0.3, 0.4) is 0 Å². The number of anilines is 2. The van der Waals surface area contributed by atoms with Gasteiger partial charge >= 0.3 is 6.18 Å². The van der Waals surface area contributed by atoms with E-state index in [4.69, 9.17) is 0 Å². The molecule has 0 radical (unpaired) electrons. The van der Waals surface area contributed by atoms with Crippen LogP contribution in [-0.2, 0) is 0 Å². The zero-order chi connectivity index (χ0) is 16.0. The van der Waals surface area contributed by atoms with Gasteiger partial charge in [-0.3, -0.25) is 0 Å². The fourth-order valence-corrected chi connectivity index (χ4v) is 1.80. The van der Waals surface area contributed by atoms with Gasteiger partial charge in [0.05, 0.1) is 0 Å². The van der Waals surface area contributed by atoms with E-state index >= 15 is 0 Å². The van der Waals surface area contributed by atoms with Crippen molar-refractivity contribution in [3.63, 3.8) is 0 Å². The summed E-state index contributed by atoms with van der Waals surface area (Å²) in [7, 11) is 0. The lowest BCUT2D eigenvalue weighted by atomic mass is 10.2. The van der Waals surface area contributed by atoms with Crippen LogP contribution in [-0.4, -0.2) is 29.2 Å². The molecular formula is C14H23F3N4. The van der Waals surface area contributed by atoms with Gasteiger partial charge in [-0.05, 0) is 20.3 Å². The highest BCUT2D eigenvalue weighted by Gasteiger charge is 2.26. The van der Waals surface area contributed by atoms with Crippen molar-refractivity contribution >= 4 is 11.6 Å². The number of halogens is 3. The summed E-state index contributed by atoms with van der Waals surface area (Å²) >= 11 is 0. The van der Waals surface area contributed by atoms with Crippen LogP contribution in [0.5, 0.6) is 0 Å². The number of hydrogen-bond donors (Lipinski definition) is 2. The van der Waals surface area contributed by atoms with E-state index in [2.05, 4.69) is 20.6 Å². The van der Waals surface area contributed by atoms with Crippen molar-refractivity contribution in [2.45, 2.75) is 52.6 Å². The monoisotopic (exact) mass is 304 g/mol. The Morgan fingerprint density at radius 2 is 1.67 bits per heavy atom. The number of aromatic nitrogens is 2. The predicted molar refractivity (Wildman–Crippen MR) is 78.8 cm³/mol. The van der Waals surface area contributed by atoms with Gasteiger partial charge in [0.15, 0.2) is 0 Å². The van der Waals surface area contributed by atoms with E-state index in [1.165, 1.54) is 0 Å². The van der Waals surface area contributed by atoms with E-state index in [0.717, 1.165) is 17.9 Å². The van der Waals surface area contributed by atoms with E-state index in [1.54, 1.807) is 0 Å². The van der Waals surface area contributed by atoms with E-state index < -0.39 is 12.6 Å². The molecule has 0 aliphatic carbocycles. The molecule has 4 nitrogen and oxygen atoms in total. The molecular weight excluding hydrogens is 281 g/mol. The van der Waals surface area contributed by atoms with Gasteiger partial charge in [-0.1, -0.05) is 13.8 Å². The normalized spacial score (nSPS) is 11.8. The van der Waals surface area contributed by atoms with Crippen LogP contribution >= 0.6 is 0 Å². The Morgan fingerprint density at radius 1 is 1.10 bits per heavy atom. The third kappa shape index (κ3) is 5.77. The van der Waals surface area contributed by atoms with Gasteiger partial charge in [0, 0.05) is 31.0 Å². The SMILES string of the molecule is CCNc1nc(C(C)C)nc(NCCCC(F)(F)F)c1C.